The van der Waals surface area contributed by atoms with E-state index < -0.39 is 0 Å². The second-order valence-corrected chi connectivity index (χ2v) is 5.59. The van der Waals surface area contributed by atoms with Crippen LogP contribution in [0, 0.1) is 5.92 Å². The van der Waals surface area contributed by atoms with Gasteiger partial charge in [0, 0.05) is 0 Å². The third-order valence-electron chi connectivity index (χ3n) is 2.61. The summed E-state index contributed by atoms with van der Waals surface area (Å²) in [5.74, 6) is 0.831. The van der Waals surface area contributed by atoms with Crippen molar-refractivity contribution in [1.82, 2.24) is 0 Å². The zero-order valence-corrected chi connectivity index (χ0v) is 15.1. The molecule has 0 saturated heterocycles. The Bertz CT molecular complexity index is 517. The van der Waals surface area contributed by atoms with Crippen molar-refractivity contribution in [1.29, 1.82) is 0 Å². The number of benzene rings is 1. The average Bonchev–Trinajstić information content (AvgIpc) is 2.49. The lowest BCUT2D eigenvalue weighted by molar-refractivity contribution is 0.595. The lowest BCUT2D eigenvalue weighted by Crippen LogP contribution is -2.21. The van der Waals surface area contributed by atoms with Crippen molar-refractivity contribution in [3.05, 3.63) is 72.2 Å². The first-order chi connectivity index (χ1) is 10.4. The molecular weight excluding hydrogens is 264 g/mol. The molecule has 1 aromatic carbocycles. The molecule has 0 saturated carbocycles. The van der Waals surface area contributed by atoms with E-state index in [1.807, 2.05) is 36.4 Å². The highest BCUT2D eigenvalue weighted by Gasteiger charge is 1.87. The first kappa shape index (κ1) is 22.5. The molecule has 0 nitrogen and oxygen atoms in total. The smallest absolute Gasteiger partial charge is 0.0184 e. The van der Waals surface area contributed by atoms with Crippen molar-refractivity contribution < 1.29 is 0 Å². The molecule has 1 rings (SSSR count). The van der Waals surface area contributed by atoms with Gasteiger partial charge in [-0.05, 0) is 40.8 Å². The Morgan fingerprint density at radius 1 is 1.14 bits per heavy atom. The summed E-state index contributed by atoms with van der Waals surface area (Å²) in [5.41, 5.74) is 0.908. The zero-order chi connectivity index (χ0) is 17.4. The lowest BCUT2D eigenvalue weighted by atomic mass is 10.1. The summed E-state index contributed by atoms with van der Waals surface area (Å²) in [6.07, 6.45) is 9.36. The highest BCUT2D eigenvalue weighted by atomic mass is 13.9. The normalized spacial score (nSPS) is 9.95. The minimum Gasteiger partial charge on any atom is -0.103 e. The average molecular weight is 299 g/mol. The zero-order valence-electron chi connectivity index (χ0n) is 15.1. The van der Waals surface area contributed by atoms with Gasteiger partial charge in [0.1, 0.15) is 0 Å². The molecule has 0 aliphatic heterocycles. The summed E-state index contributed by atoms with van der Waals surface area (Å²) in [6, 6.07) is 7.94. The van der Waals surface area contributed by atoms with Crippen LogP contribution in [0.4, 0.5) is 0 Å². The molecule has 0 spiro atoms. The molecule has 0 heteroatoms. The SMILES string of the molecule is C=CC(=C)/C=c1\ccccc1=C.C=CCCC(C)C.CCC. The van der Waals surface area contributed by atoms with Gasteiger partial charge in [0.25, 0.3) is 0 Å². The van der Waals surface area contributed by atoms with Gasteiger partial charge in [0.05, 0.1) is 0 Å². The molecule has 22 heavy (non-hydrogen) atoms. The fourth-order valence-electron chi connectivity index (χ4n) is 1.38. The minimum absolute atomic E-state index is 0.831. The maximum absolute atomic E-state index is 3.90. The monoisotopic (exact) mass is 298 g/mol. The topological polar surface area (TPSA) is 0 Å². The molecule has 0 amide bonds. The fourth-order valence-corrected chi connectivity index (χ4v) is 1.38. The molecule has 0 radical (unpaired) electrons. The summed E-state index contributed by atoms with van der Waals surface area (Å²) < 4.78 is 0. The third-order valence-corrected chi connectivity index (χ3v) is 2.61. The van der Waals surface area contributed by atoms with E-state index in [2.05, 4.69) is 54.0 Å². The second-order valence-electron chi connectivity index (χ2n) is 5.59. The van der Waals surface area contributed by atoms with Crippen LogP contribution in [0.5, 0.6) is 0 Å². The number of hydrogen-bond acceptors (Lipinski definition) is 0. The van der Waals surface area contributed by atoms with Gasteiger partial charge in [-0.15, -0.1) is 6.58 Å². The predicted molar refractivity (Wildman–Crippen MR) is 105 cm³/mol. The molecule has 0 unspecified atom stereocenters. The molecule has 0 bridgehead atoms. The Balaban J connectivity index is 0. The van der Waals surface area contributed by atoms with Gasteiger partial charge in [-0.2, -0.15) is 0 Å². The summed E-state index contributed by atoms with van der Waals surface area (Å²) >= 11 is 0. The molecule has 0 heterocycles. The van der Waals surface area contributed by atoms with Crippen LogP contribution in [0.25, 0.3) is 12.7 Å². The van der Waals surface area contributed by atoms with Crippen LogP contribution >= 0.6 is 0 Å². The van der Waals surface area contributed by atoms with E-state index in [0.29, 0.717) is 0 Å². The van der Waals surface area contributed by atoms with E-state index in [1.54, 1.807) is 6.08 Å². The van der Waals surface area contributed by atoms with Gasteiger partial charge in [-0.1, -0.05) is 90.3 Å². The van der Waals surface area contributed by atoms with Gasteiger partial charge in [-0.3, -0.25) is 0 Å². The second kappa shape index (κ2) is 15.6. The van der Waals surface area contributed by atoms with Gasteiger partial charge < -0.3 is 0 Å². The highest BCUT2D eigenvalue weighted by Crippen LogP contribution is 2.02. The van der Waals surface area contributed by atoms with E-state index in [9.17, 15) is 0 Å². The fraction of sp³-hybridized carbons (Fsp3) is 0.364. The van der Waals surface area contributed by atoms with Crippen LogP contribution < -0.4 is 10.4 Å². The number of hydrogen-bond donors (Lipinski definition) is 0. The molecule has 0 N–H and O–H groups in total. The molecule has 0 aromatic heterocycles. The van der Waals surface area contributed by atoms with Gasteiger partial charge >= 0.3 is 0 Å². The van der Waals surface area contributed by atoms with E-state index in [1.165, 1.54) is 12.8 Å². The van der Waals surface area contributed by atoms with Gasteiger partial charge in [-0.25, -0.2) is 0 Å². The van der Waals surface area contributed by atoms with Crippen LogP contribution in [0.15, 0.2) is 61.7 Å². The predicted octanol–water partition coefficient (Wildman–Crippen LogP) is 5.64. The van der Waals surface area contributed by atoms with Crippen LogP contribution in [0.1, 0.15) is 47.0 Å². The van der Waals surface area contributed by atoms with E-state index in [4.69, 9.17) is 0 Å². The Labute approximate surface area is 138 Å². The van der Waals surface area contributed by atoms with Gasteiger partial charge in [0.2, 0.25) is 0 Å². The van der Waals surface area contributed by atoms with E-state index in [0.717, 1.165) is 28.3 Å². The van der Waals surface area contributed by atoms with Crippen molar-refractivity contribution in [2.24, 2.45) is 5.92 Å². The van der Waals surface area contributed by atoms with Crippen molar-refractivity contribution in [3.63, 3.8) is 0 Å². The van der Waals surface area contributed by atoms with Crippen LogP contribution in [0.3, 0.4) is 0 Å². The summed E-state index contributed by atoms with van der Waals surface area (Å²) in [6.45, 7) is 23.7. The van der Waals surface area contributed by atoms with Crippen molar-refractivity contribution in [3.8, 4) is 0 Å². The van der Waals surface area contributed by atoms with Crippen molar-refractivity contribution >= 4 is 12.7 Å². The lowest BCUT2D eigenvalue weighted by Gasteiger charge is -1.96. The van der Waals surface area contributed by atoms with Crippen LogP contribution in [-0.2, 0) is 0 Å². The summed E-state index contributed by atoms with van der Waals surface area (Å²) in [5, 5.41) is 2.11. The Morgan fingerprint density at radius 2 is 1.68 bits per heavy atom. The standard InChI is InChI=1S/C12H12.C7H14.C3H8/c1-4-10(2)9-12-8-6-5-7-11(12)3;1-4-5-6-7(2)3;1-3-2/h4-9H,1-3H2;4,7H,1,5-6H2,2-3H3;3H2,1-2H3/b12-9+;;. The molecule has 122 valence electrons. The third kappa shape index (κ3) is 14.6. The Morgan fingerprint density at radius 3 is 2.05 bits per heavy atom. The van der Waals surface area contributed by atoms with Crippen molar-refractivity contribution in [2.75, 3.05) is 0 Å². The quantitative estimate of drug-likeness (QED) is 0.487. The van der Waals surface area contributed by atoms with Crippen LogP contribution in [-0.4, -0.2) is 0 Å². The largest absolute Gasteiger partial charge is 0.103 e. The Hall–Kier alpha value is -1.82. The molecule has 1 aromatic rings. The first-order valence-corrected chi connectivity index (χ1v) is 8.10. The summed E-state index contributed by atoms with van der Waals surface area (Å²) in [7, 11) is 0. The molecule has 0 aliphatic rings. The molecule has 0 aliphatic carbocycles. The van der Waals surface area contributed by atoms with Crippen LogP contribution in [0.2, 0.25) is 0 Å². The number of rotatable bonds is 5. The maximum Gasteiger partial charge on any atom is -0.0184 e. The molecular formula is C22H34. The molecule has 0 fully saturated rings. The maximum atomic E-state index is 3.90. The molecule has 0 atom stereocenters. The van der Waals surface area contributed by atoms with E-state index in [-0.39, 0.29) is 0 Å². The first-order valence-electron chi connectivity index (χ1n) is 8.10. The highest BCUT2D eigenvalue weighted by molar-refractivity contribution is 5.50. The van der Waals surface area contributed by atoms with E-state index >= 15 is 0 Å². The number of allylic oxidation sites excluding steroid dienone is 3. The summed E-state index contributed by atoms with van der Waals surface area (Å²) in [4.78, 5) is 0. The Kier molecular flexibility index (Phi) is 15.9. The van der Waals surface area contributed by atoms with Crippen molar-refractivity contribution in [2.45, 2.75) is 47.0 Å². The van der Waals surface area contributed by atoms with Gasteiger partial charge in [0.15, 0.2) is 0 Å². The minimum atomic E-state index is 0.831.